The molecule has 76 valence electrons. The second kappa shape index (κ2) is 5.50. The third-order valence-electron chi connectivity index (χ3n) is 1.66. The molecule has 0 spiro atoms. The van der Waals surface area contributed by atoms with Crippen molar-refractivity contribution < 1.29 is 9.53 Å². The number of benzene rings is 1. The van der Waals surface area contributed by atoms with Gasteiger partial charge in [-0.2, -0.15) is 0 Å². The van der Waals surface area contributed by atoms with Gasteiger partial charge in [0, 0.05) is 9.13 Å². The number of carbonyl (C=O) groups is 1. The molecule has 1 rings (SSSR count). The van der Waals surface area contributed by atoms with Crippen molar-refractivity contribution in [1.29, 1.82) is 0 Å². The summed E-state index contributed by atoms with van der Waals surface area (Å²) in [6.07, 6.45) is 0. The molecule has 1 aromatic carbocycles. The van der Waals surface area contributed by atoms with Crippen LogP contribution in [0.25, 0.3) is 0 Å². The lowest BCUT2D eigenvalue weighted by molar-refractivity contribution is 0.102. The van der Waals surface area contributed by atoms with Crippen molar-refractivity contribution >= 4 is 62.6 Å². The van der Waals surface area contributed by atoms with E-state index in [9.17, 15) is 4.79 Å². The van der Waals surface area contributed by atoms with Gasteiger partial charge in [0.25, 0.3) is 0 Å². The molecule has 0 radical (unpaired) electrons. The normalized spacial score (nSPS) is 10.0. The summed E-state index contributed by atoms with van der Waals surface area (Å²) in [7, 11) is 1.61. The number of rotatable bonds is 3. The van der Waals surface area contributed by atoms with Crippen LogP contribution in [0.15, 0.2) is 12.1 Å². The van der Waals surface area contributed by atoms with Gasteiger partial charge in [-0.3, -0.25) is 4.79 Å². The molecule has 0 amide bonds. The molecular weight excluding hydrogens is 429 g/mol. The first kappa shape index (κ1) is 12.5. The zero-order valence-electron chi connectivity index (χ0n) is 7.31. The van der Waals surface area contributed by atoms with Gasteiger partial charge in [0.1, 0.15) is 5.75 Å². The Kier molecular flexibility index (Phi) is 4.92. The number of hydrogen-bond donors (Lipinski definition) is 0. The van der Waals surface area contributed by atoms with E-state index >= 15 is 0 Å². The summed E-state index contributed by atoms with van der Waals surface area (Å²) < 4.78 is 6.92. The molecule has 2 nitrogen and oxygen atoms in total. The lowest BCUT2D eigenvalue weighted by atomic mass is 10.1. The predicted molar refractivity (Wildman–Crippen MR) is 73.5 cm³/mol. The van der Waals surface area contributed by atoms with Crippen molar-refractivity contribution in [1.82, 2.24) is 0 Å². The number of halogens is 3. The molecule has 0 aromatic heterocycles. The van der Waals surface area contributed by atoms with Crippen LogP contribution in [0.1, 0.15) is 10.4 Å². The Labute approximate surface area is 115 Å². The SMILES string of the molecule is COc1cc(I)c(C(=O)CCl)cc1I. The second-order valence-electron chi connectivity index (χ2n) is 2.52. The zero-order valence-corrected chi connectivity index (χ0v) is 12.4. The van der Waals surface area contributed by atoms with Crippen molar-refractivity contribution in [2.24, 2.45) is 0 Å². The average molecular weight is 436 g/mol. The van der Waals surface area contributed by atoms with Gasteiger partial charge in [0.15, 0.2) is 5.78 Å². The van der Waals surface area contributed by atoms with Gasteiger partial charge in [-0.25, -0.2) is 0 Å². The van der Waals surface area contributed by atoms with Gasteiger partial charge in [0.2, 0.25) is 0 Å². The van der Waals surface area contributed by atoms with Crippen molar-refractivity contribution in [3.63, 3.8) is 0 Å². The Morgan fingerprint density at radius 1 is 1.43 bits per heavy atom. The summed E-state index contributed by atoms with van der Waals surface area (Å²) in [5, 5.41) is 0. The summed E-state index contributed by atoms with van der Waals surface area (Å²) >= 11 is 9.73. The smallest absolute Gasteiger partial charge is 0.178 e. The molecule has 5 heteroatoms. The Bertz CT molecular complexity index is 366. The molecule has 0 fully saturated rings. The highest BCUT2D eigenvalue weighted by Crippen LogP contribution is 2.26. The fourth-order valence-corrected chi connectivity index (χ4v) is 2.54. The van der Waals surface area contributed by atoms with E-state index in [2.05, 4.69) is 45.2 Å². The summed E-state index contributed by atoms with van der Waals surface area (Å²) in [5.74, 6) is 0.732. The molecule has 0 unspecified atom stereocenters. The van der Waals surface area contributed by atoms with E-state index < -0.39 is 0 Å². The lowest BCUT2D eigenvalue weighted by Gasteiger charge is -2.07. The van der Waals surface area contributed by atoms with E-state index in [1.54, 1.807) is 13.2 Å². The van der Waals surface area contributed by atoms with Gasteiger partial charge in [-0.05, 0) is 57.3 Å². The largest absolute Gasteiger partial charge is 0.496 e. The van der Waals surface area contributed by atoms with Crippen LogP contribution in [-0.4, -0.2) is 18.8 Å². The highest BCUT2D eigenvalue weighted by Gasteiger charge is 2.12. The summed E-state index contributed by atoms with van der Waals surface area (Å²) in [5.41, 5.74) is 0.658. The monoisotopic (exact) mass is 436 g/mol. The highest BCUT2D eigenvalue weighted by atomic mass is 127. The minimum absolute atomic E-state index is 0.0123. The van der Waals surface area contributed by atoms with Crippen LogP contribution in [0.3, 0.4) is 0 Å². The Morgan fingerprint density at radius 2 is 2.07 bits per heavy atom. The summed E-state index contributed by atoms with van der Waals surface area (Å²) in [4.78, 5) is 11.4. The van der Waals surface area contributed by atoms with Crippen LogP contribution < -0.4 is 4.74 Å². The van der Waals surface area contributed by atoms with Gasteiger partial charge in [-0.1, -0.05) is 0 Å². The van der Waals surface area contributed by atoms with E-state index in [4.69, 9.17) is 16.3 Å². The van der Waals surface area contributed by atoms with E-state index in [1.165, 1.54) is 0 Å². The number of Topliss-reactive ketones (excluding diaryl/α,β-unsaturated/α-hetero) is 1. The van der Waals surface area contributed by atoms with Crippen molar-refractivity contribution in [3.8, 4) is 5.75 Å². The van der Waals surface area contributed by atoms with E-state index in [0.717, 1.165) is 12.9 Å². The number of ketones is 1. The zero-order chi connectivity index (χ0) is 10.7. The van der Waals surface area contributed by atoms with E-state index in [-0.39, 0.29) is 11.7 Å². The molecule has 0 heterocycles. The Morgan fingerprint density at radius 3 is 2.57 bits per heavy atom. The molecule has 0 aliphatic rings. The van der Waals surface area contributed by atoms with Crippen molar-refractivity contribution in [2.75, 3.05) is 13.0 Å². The van der Waals surface area contributed by atoms with Crippen LogP contribution >= 0.6 is 56.8 Å². The molecule has 14 heavy (non-hydrogen) atoms. The number of methoxy groups -OCH3 is 1. The summed E-state index contributed by atoms with van der Waals surface area (Å²) in [6.45, 7) is 0. The van der Waals surface area contributed by atoms with Crippen LogP contribution in [0, 0.1) is 7.14 Å². The van der Waals surface area contributed by atoms with Crippen LogP contribution in [0.2, 0.25) is 0 Å². The predicted octanol–water partition coefficient (Wildman–Crippen LogP) is 3.33. The maximum Gasteiger partial charge on any atom is 0.178 e. The van der Waals surface area contributed by atoms with Crippen LogP contribution in [-0.2, 0) is 0 Å². The Balaban J connectivity index is 3.21. The molecule has 0 N–H and O–H groups in total. The molecular formula is C9H7ClI2O2. The van der Waals surface area contributed by atoms with Gasteiger partial charge in [0.05, 0.1) is 16.6 Å². The maximum absolute atomic E-state index is 11.4. The van der Waals surface area contributed by atoms with Crippen molar-refractivity contribution in [3.05, 3.63) is 24.8 Å². The third kappa shape index (κ3) is 2.73. The minimum Gasteiger partial charge on any atom is -0.496 e. The first-order chi connectivity index (χ1) is 6.60. The van der Waals surface area contributed by atoms with E-state index in [1.807, 2.05) is 6.07 Å². The third-order valence-corrected chi connectivity index (χ3v) is 3.64. The van der Waals surface area contributed by atoms with Gasteiger partial charge >= 0.3 is 0 Å². The molecule has 0 aliphatic heterocycles. The van der Waals surface area contributed by atoms with Crippen LogP contribution in [0.5, 0.6) is 5.75 Å². The fraction of sp³-hybridized carbons (Fsp3) is 0.222. The summed E-state index contributed by atoms with van der Waals surface area (Å²) in [6, 6.07) is 3.63. The lowest BCUT2D eigenvalue weighted by Crippen LogP contribution is -2.04. The van der Waals surface area contributed by atoms with E-state index in [0.29, 0.717) is 5.56 Å². The van der Waals surface area contributed by atoms with Crippen molar-refractivity contribution in [2.45, 2.75) is 0 Å². The number of alkyl halides is 1. The molecule has 1 aromatic rings. The number of carbonyl (C=O) groups excluding carboxylic acids is 1. The minimum atomic E-state index is -0.0587. The number of ether oxygens (including phenoxy) is 1. The quantitative estimate of drug-likeness (QED) is 0.413. The standard InChI is InChI=1S/C9H7ClI2O2/c1-14-9-3-6(11)5(2-7(9)12)8(13)4-10/h2-3H,4H2,1H3. The Hall–Kier alpha value is 0.440. The average Bonchev–Trinajstić information content (AvgIpc) is 2.19. The molecule has 0 bridgehead atoms. The first-order valence-corrected chi connectivity index (χ1v) is 6.41. The highest BCUT2D eigenvalue weighted by molar-refractivity contribution is 14.1. The van der Waals surface area contributed by atoms with Gasteiger partial charge in [-0.15, -0.1) is 11.6 Å². The van der Waals surface area contributed by atoms with Gasteiger partial charge < -0.3 is 4.74 Å². The molecule has 0 aliphatic carbocycles. The fourth-order valence-electron chi connectivity index (χ4n) is 0.971. The molecule has 0 saturated heterocycles. The second-order valence-corrected chi connectivity index (χ2v) is 5.12. The molecule has 0 saturated carbocycles. The topological polar surface area (TPSA) is 26.3 Å². The first-order valence-electron chi connectivity index (χ1n) is 3.72. The molecule has 0 atom stereocenters. The maximum atomic E-state index is 11.4. The van der Waals surface area contributed by atoms with Crippen LogP contribution in [0.4, 0.5) is 0 Å². The number of hydrogen-bond acceptors (Lipinski definition) is 2.